The van der Waals surface area contributed by atoms with Gasteiger partial charge in [-0.3, -0.25) is 0 Å². The minimum atomic E-state index is -3.93. The SMILES string of the molecule is C[C@]12Cc3cnn(-c4ccc(F)cc4)c3C=C1CC[C@@H]2CN(CC#N)S(=O)(=O)c1ccc(Oc2ccccn2)cc1. The summed E-state index contributed by atoms with van der Waals surface area (Å²) in [5, 5.41) is 14.1. The van der Waals surface area contributed by atoms with Crippen LogP contribution >= 0.6 is 0 Å². The first-order valence-corrected chi connectivity index (χ1v) is 14.8. The predicted octanol–water partition coefficient (Wildman–Crippen LogP) is 5.77. The molecule has 0 aliphatic heterocycles. The lowest BCUT2D eigenvalue weighted by atomic mass is 9.70. The molecule has 0 radical (unpaired) electrons. The van der Waals surface area contributed by atoms with Crippen molar-refractivity contribution in [1.29, 1.82) is 5.26 Å². The van der Waals surface area contributed by atoms with Crippen LogP contribution in [0.2, 0.25) is 0 Å². The molecule has 0 bridgehead atoms. The van der Waals surface area contributed by atoms with E-state index in [1.54, 1.807) is 48.7 Å². The maximum atomic E-state index is 13.7. The van der Waals surface area contributed by atoms with E-state index in [9.17, 15) is 18.1 Å². The highest BCUT2D eigenvalue weighted by atomic mass is 32.2. The smallest absolute Gasteiger partial charge is 0.244 e. The van der Waals surface area contributed by atoms with Gasteiger partial charge >= 0.3 is 0 Å². The van der Waals surface area contributed by atoms with E-state index in [2.05, 4.69) is 23.1 Å². The number of benzene rings is 2. The van der Waals surface area contributed by atoms with E-state index in [0.717, 1.165) is 29.8 Å². The normalized spacial score (nSPS) is 19.8. The van der Waals surface area contributed by atoms with E-state index in [4.69, 9.17) is 4.74 Å². The van der Waals surface area contributed by atoms with Crippen molar-refractivity contribution in [3.63, 3.8) is 0 Å². The highest BCUT2D eigenvalue weighted by Gasteiger charge is 2.47. The van der Waals surface area contributed by atoms with Crippen molar-refractivity contribution in [3.8, 4) is 23.4 Å². The van der Waals surface area contributed by atoms with Gasteiger partial charge in [-0.2, -0.15) is 14.7 Å². The molecule has 0 spiro atoms. The Balaban J connectivity index is 1.22. The number of aromatic nitrogens is 3. The molecule has 1 saturated carbocycles. The summed E-state index contributed by atoms with van der Waals surface area (Å²) in [5.74, 6) is 0.592. The molecule has 2 atom stereocenters. The van der Waals surface area contributed by atoms with E-state index in [1.807, 2.05) is 16.9 Å². The Morgan fingerprint density at radius 3 is 2.63 bits per heavy atom. The number of allylic oxidation sites excluding steroid dienone is 1. The van der Waals surface area contributed by atoms with Crippen molar-refractivity contribution in [2.75, 3.05) is 13.1 Å². The van der Waals surface area contributed by atoms with Crippen molar-refractivity contribution in [2.45, 2.75) is 31.1 Å². The van der Waals surface area contributed by atoms with Gasteiger partial charge in [-0.25, -0.2) is 22.5 Å². The standard InChI is InChI=1S/C31H28FN5O3S/c1-31-19-22-20-35-37(26-9-7-25(32)8-10-26)29(22)18-23(31)5-6-24(31)21-36(17-15-33)41(38,39)28-13-11-27(12-14-28)40-30-4-2-3-16-34-30/h2-4,7-14,16,18,20,24H,5-6,17,19,21H2,1H3/t24-,31+/m1/s1. The Morgan fingerprint density at radius 1 is 1.15 bits per heavy atom. The number of rotatable bonds is 8. The fraction of sp³-hybridized carbons (Fsp3) is 0.258. The molecule has 41 heavy (non-hydrogen) atoms. The second-order valence-corrected chi connectivity index (χ2v) is 12.6. The van der Waals surface area contributed by atoms with Gasteiger partial charge in [0, 0.05) is 18.8 Å². The van der Waals surface area contributed by atoms with Crippen molar-refractivity contribution in [2.24, 2.45) is 11.3 Å². The number of hydrogen-bond donors (Lipinski definition) is 0. The van der Waals surface area contributed by atoms with Gasteiger partial charge in [0.25, 0.3) is 0 Å². The molecule has 0 saturated heterocycles. The van der Waals surface area contributed by atoms with Gasteiger partial charge in [0.2, 0.25) is 15.9 Å². The lowest BCUT2D eigenvalue weighted by Gasteiger charge is -2.37. The highest BCUT2D eigenvalue weighted by molar-refractivity contribution is 7.89. The number of halogens is 1. The molecule has 1 fully saturated rings. The van der Waals surface area contributed by atoms with E-state index in [1.165, 1.54) is 34.1 Å². The summed E-state index contributed by atoms with van der Waals surface area (Å²) in [6.45, 7) is 2.17. The first kappa shape index (κ1) is 26.9. The summed E-state index contributed by atoms with van der Waals surface area (Å²) >= 11 is 0. The zero-order valence-electron chi connectivity index (χ0n) is 22.4. The van der Waals surface area contributed by atoms with Gasteiger partial charge in [0.15, 0.2) is 0 Å². The Labute approximate surface area is 238 Å². The fourth-order valence-corrected chi connectivity index (χ4v) is 7.33. The molecular formula is C31H28FN5O3S. The number of nitriles is 1. The molecule has 2 aliphatic rings. The van der Waals surface area contributed by atoms with Crippen LogP contribution in [0.5, 0.6) is 11.6 Å². The van der Waals surface area contributed by atoms with Crippen molar-refractivity contribution in [3.05, 3.63) is 102 Å². The van der Waals surface area contributed by atoms with Crippen LogP contribution in [0.15, 0.2) is 89.6 Å². The predicted molar refractivity (Wildman–Crippen MR) is 151 cm³/mol. The third-order valence-electron chi connectivity index (χ3n) is 8.22. The van der Waals surface area contributed by atoms with Crippen LogP contribution in [0.3, 0.4) is 0 Å². The summed E-state index contributed by atoms with van der Waals surface area (Å²) in [7, 11) is -3.93. The van der Waals surface area contributed by atoms with Crippen molar-refractivity contribution >= 4 is 16.1 Å². The Hall–Kier alpha value is -4.33. The molecular weight excluding hydrogens is 541 g/mol. The molecule has 0 N–H and O–H groups in total. The van der Waals surface area contributed by atoms with E-state index in [-0.39, 0.29) is 35.1 Å². The second-order valence-electron chi connectivity index (χ2n) is 10.6. The van der Waals surface area contributed by atoms with E-state index >= 15 is 0 Å². The monoisotopic (exact) mass is 569 g/mol. The van der Waals surface area contributed by atoms with Gasteiger partial charge in [-0.15, -0.1) is 0 Å². The summed E-state index contributed by atoms with van der Waals surface area (Å²) in [6.07, 6.45) is 7.95. The average molecular weight is 570 g/mol. The van der Waals surface area contributed by atoms with Crippen LogP contribution < -0.4 is 4.74 Å². The molecule has 6 rings (SSSR count). The molecule has 4 aromatic rings. The van der Waals surface area contributed by atoms with Gasteiger partial charge < -0.3 is 4.74 Å². The summed E-state index contributed by atoms with van der Waals surface area (Å²) in [6, 6.07) is 19.8. The quantitative estimate of drug-likeness (QED) is 0.250. The topological polar surface area (TPSA) is 101 Å². The van der Waals surface area contributed by atoms with Crippen LogP contribution in [-0.2, 0) is 16.4 Å². The van der Waals surface area contributed by atoms with Crippen molar-refractivity contribution < 1.29 is 17.5 Å². The summed E-state index contributed by atoms with van der Waals surface area (Å²) in [4.78, 5) is 4.22. The zero-order valence-corrected chi connectivity index (χ0v) is 23.3. The number of hydrogen-bond acceptors (Lipinski definition) is 6. The number of sulfonamides is 1. The number of pyridine rings is 1. The molecule has 2 aromatic heterocycles. The van der Waals surface area contributed by atoms with E-state index < -0.39 is 10.0 Å². The number of ether oxygens (including phenoxy) is 1. The van der Waals surface area contributed by atoms with Gasteiger partial charge in [-0.05, 0) is 96.8 Å². The van der Waals surface area contributed by atoms with Crippen LogP contribution in [0.4, 0.5) is 4.39 Å². The Bertz CT molecular complexity index is 1750. The molecule has 208 valence electrons. The van der Waals surface area contributed by atoms with Crippen molar-refractivity contribution in [1.82, 2.24) is 19.1 Å². The maximum Gasteiger partial charge on any atom is 0.244 e. The number of fused-ring (bicyclic) bond motifs is 2. The van der Waals surface area contributed by atoms with Crippen LogP contribution in [0.25, 0.3) is 11.8 Å². The van der Waals surface area contributed by atoms with Gasteiger partial charge in [0.1, 0.15) is 18.1 Å². The fourth-order valence-electron chi connectivity index (χ4n) is 5.94. The highest BCUT2D eigenvalue weighted by Crippen LogP contribution is 2.53. The molecule has 0 unspecified atom stereocenters. The molecule has 8 nitrogen and oxygen atoms in total. The number of nitrogens with zero attached hydrogens (tertiary/aromatic N) is 5. The first-order valence-electron chi connectivity index (χ1n) is 13.4. The largest absolute Gasteiger partial charge is 0.439 e. The molecule has 2 aromatic carbocycles. The lowest BCUT2D eigenvalue weighted by molar-refractivity contribution is 0.228. The molecule has 0 amide bonds. The third-order valence-corrected chi connectivity index (χ3v) is 10.0. The minimum Gasteiger partial charge on any atom is -0.439 e. The van der Waals surface area contributed by atoms with Crippen LogP contribution in [0, 0.1) is 28.5 Å². The van der Waals surface area contributed by atoms with E-state index in [0.29, 0.717) is 18.1 Å². The van der Waals surface area contributed by atoms with Gasteiger partial charge in [-0.1, -0.05) is 18.6 Å². The van der Waals surface area contributed by atoms with Gasteiger partial charge in [0.05, 0.1) is 28.5 Å². The zero-order chi connectivity index (χ0) is 28.6. The first-order chi connectivity index (χ1) is 19.8. The second kappa shape index (κ2) is 10.6. The summed E-state index contributed by atoms with van der Waals surface area (Å²) in [5.41, 5.74) is 3.78. The van der Waals surface area contributed by atoms with Crippen LogP contribution in [0.1, 0.15) is 31.0 Å². The minimum absolute atomic E-state index is 0.0194. The molecule has 2 heterocycles. The molecule has 10 heteroatoms. The maximum absolute atomic E-state index is 13.7. The Kier molecular flexibility index (Phi) is 6.93. The third kappa shape index (κ3) is 5.03. The lowest BCUT2D eigenvalue weighted by Crippen LogP contribution is -2.41. The van der Waals surface area contributed by atoms with Crippen LogP contribution in [-0.4, -0.2) is 40.6 Å². The molecule has 2 aliphatic carbocycles. The summed E-state index contributed by atoms with van der Waals surface area (Å²) < 4.78 is 49.7. The Morgan fingerprint density at radius 2 is 1.93 bits per heavy atom. The average Bonchev–Trinajstić information content (AvgIpc) is 3.52.